The highest BCUT2D eigenvalue weighted by molar-refractivity contribution is 5.91. The number of pyridine rings is 1. The van der Waals surface area contributed by atoms with E-state index >= 15 is 0 Å². The minimum Gasteiger partial charge on any atom is -0.480 e. The van der Waals surface area contributed by atoms with Gasteiger partial charge in [0.2, 0.25) is 0 Å². The molecule has 1 aromatic carbocycles. The zero-order valence-electron chi connectivity index (χ0n) is 13.4. The third-order valence-electron chi connectivity index (χ3n) is 3.90. The van der Waals surface area contributed by atoms with Gasteiger partial charge in [0.05, 0.1) is 16.7 Å². The van der Waals surface area contributed by atoms with Gasteiger partial charge in [-0.2, -0.15) is 0 Å². The summed E-state index contributed by atoms with van der Waals surface area (Å²) in [5, 5.41) is 0. The van der Waals surface area contributed by atoms with Crippen molar-refractivity contribution in [3.05, 3.63) is 60.3 Å². The number of nitrogens with zero attached hydrogens (tertiary/aromatic N) is 4. The van der Waals surface area contributed by atoms with E-state index in [9.17, 15) is 4.79 Å². The fraction of sp³-hybridized carbons (Fsp3) is 0.167. The van der Waals surface area contributed by atoms with Crippen LogP contribution in [0.5, 0.6) is 5.75 Å². The molecule has 0 saturated heterocycles. The van der Waals surface area contributed by atoms with Gasteiger partial charge < -0.3 is 9.14 Å². The normalized spacial score (nSPS) is 11.2. The third kappa shape index (κ3) is 2.32. The number of hydrogen-bond donors (Lipinski definition) is 0. The summed E-state index contributed by atoms with van der Waals surface area (Å²) in [5.74, 6) is 1.08. The van der Waals surface area contributed by atoms with Crippen molar-refractivity contribution in [1.29, 1.82) is 0 Å². The van der Waals surface area contributed by atoms with E-state index in [1.54, 1.807) is 4.57 Å². The first-order valence-electron chi connectivity index (χ1n) is 7.68. The van der Waals surface area contributed by atoms with Crippen LogP contribution in [0.25, 0.3) is 16.7 Å². The average Bonchev–Trinajstić information content (AvgIpc) is 3.10. The molecule has 6 heteroatoms. The van der Waals surface area contributed by atoms with E-state index in [1.807, 2.05) is 67.0 Å². The van der Waals surface area contributed by atoms with E-state index in [1.165, 1.54) is 0 Å². The molecule has 4 aromatic rings. The largest absolute Gasteiger partial charge is 0.480 e. The summed E-state index contributed by atoms with van der Waals surface area (Å²) < 4.78 is 9.21. The van der Waals surface area contributed by atoms with Crippen LogP contribution in [0.4, 0.5) is 0 Å². The lowest BCUT2D eigenvalue weighted by Crippen LogP contribution is -2.20. The summed E-state index contributed by atoms with van der Waals surface area (Å²) in [4.78, 5) is 21.5. The summed E-state index contributed by atoms with van der Waals surface area (Å²) in [6.07, 6.45) is 3.81. The SMILES string of the molecule is Cc1cn2cccc(OCC(=O)n3c(C)nc4ccccc43)c2n1. The minimum atomic E-state index is -0.161. The zero-order valence-corrected chi connectivity index (χ0v) is 13.4. The maximum absolute atomic E-state index is 12.6. The average molecular weight is 320 g/mol. The number of ether oxygens (including phenoxy) is 1. The number of carbonyl (C=O) groups excluding carboxylic acids is 1. The van der Waals surface area contributed by atoms with Gasteiger partial charge in [0.1, 0.15) is 5.82 Å². The maximum atomic E-state index is 12.6. The highest BCUT2D eigenvalue weighted by Crippen LogP contribution is 2.20. The van der Waals surface area contributed by atoms with Gasteiger partial charge in [-0.1, -0.05) is 12.1 Å². The smallest absolute Gasteiger partial charge is 0.270 e. The molecular formula is C18H16N4O2. The van der Waals surface area contributed by atoms with Gasteiger partial charge in [0.15, 0.2) is 18.0 Å². The number of aryl methyl sites for hydroxylation is 2. The molecular weight excluding hydrogens is 304 g/mol. The first kappa shape index (κ1) is 14.4. The van der Waals surface area contributed by atoms with Gasteiger partial charge >= 0.3 is 0 Å². The first-order chi connectivity index (χ1) is 11.6. The lowest BCUT2D eigenvalue weighted by Gasteiger charge is -2.08. The van der Waals surface area contributed by atoms with Crippen LogP contribution in [-0.2, 0) is 0 Å². The minimum absolute atomic E-state index is 0.0766. The number of carbonyl (C=O) groups is 1. The Morgan fingerprint density at radius 1 is 1.12 bits per heavy atom. The molecule has 3 heterocycles. The van der Waals surface area contributed by atoms with Gasteiger partial charge in [-0.05, 0) is 38.1 Å². The van der Waals surface area contributed by atoms with Gasteiger partial charge in [-0.15, -0.1) is 0 Å². The number of benzene rings is 1. The number of imidazole rings is 2. The maximum Gasteiger partial charge on any atom is 0.270 e. The van der Waals surface area contributed by atoms with Crippen LogP contribution in [0, 0.1) is 13.8 Å². The van der Waals surface area contributed by atoms with Crippen LogP contribution in [0.3, 0.4) is 0 Å². The summed E-state index contributed by atoms with van der Waals surface area (Å²) in [7, 11) is 0. The van der Waals surface area contributed by atoms with E-state index in [-0.39, 0.29) is 12.5 Å². The summed E-state index contributed by atoms with van der Waals surface area (Å²) in [5.41, 5.74) is 3.19. The van der Waals surface area contributed by atoms with E-state index < -0.39 is 0 Å². The number of rotatable bonds is 3. The fourth-order valence-corrected chi connectivity index (χ4v) is 2.89. The van der Waals surface area contributed by atoms with Crippen molar-refractivity contribution in [2.75, 3.05) is 6.61 Å². The summed E-state index contributed by atoms with van der Waals surface area (Å²) in [6.45, 7) is 3.66. The van der Waals surface area contributed by atoms with Crippen molar-refractivity contribution in [3.8, 4) is 5.75 Å². The zero-order chi connectivity index (χ0) is 16.7. The van der Waals surface area contributed by atoms with Crippen LogP contribution < -0.4 is 4.74 Å². The van der Waals surface area contributed by atoms with Crippen molar-refractivity contribution in [2.45, 2.75) is 13.8 Å². The van der Waals surface area contributed by atoms with Crippen LogP contribution >= 0.6 is 0 Å². The van der Waals surface area contributed by atoms with Gasteiger partial charge in [0.25, 0.3) is 5.91 Å². The summed E-state index contributed by atoms with van der Waals surface area (Å²) in [6, 6.07) is 11.2. The second kappa shape index (κ2) is 5.49. The second-order valence-corrected chi connectivity index (χ2v) is 5.65. The molecule has 0 bridgehead atoms. The van der Waals surface area contributed by atoms with Crippen molar-refractivity contribution in [2.24, 2.45) is 0 Å². The molecule has 3 aromatic heterocycles. The first-order valence-corrected chi connectivity index (χ1v) is 7.68. The van der Waals surface area contributed by atoms with Crippen LogP contribution in [0.2, 0.25) is 0 Å². The molecule has 24 heavy (non-hydrogen) atoms. The Labute approximate surface area is 138 Å². The van der Waals surface area contributed by atoms with E-state index in [2.05, 4.69) is 9.97 Å². The molecule has 0 N–H and O–H groups in total. The summed E-state index contributed by atoms with van der Waals surface area (Å²) >= 11 is 0. The topological polar surface area (TPSA) is 61.4 Å². The predicted molar refractivity (Wildman–Crippen MR) is 90.5 cm³/mol. The van der Waals surface area contributed by atoms with Gasteiger partial charge in [-0.3, -0.25) is 9.36 Å². The number of para-hydroxylation sites is 2. The Morgan fingerprint density at radius 2 is 1.96 bits per heavy atom. The lowest BCUT2D eigenvalue weighted by atomic mass is 10.3. The monoisotopic (exact) mass is 320 g/mol. The fourth-order valence-electron chi connectivity index (χ4n) is 2.89. The van der Waals surface area contributed by atoms with Gasteiger partial charge in [-0.25, -0.2) is 9.97 Å². The van der Waals surface area contributed by atoms with Crippen molar-refractivity contribution < 1.29 is 9.53 Å². The molecule has 0 radical (unpaired) electrons. The van der Waals surface area contributed by atoms with Crippen molar-refractivity contribution >= 4 is 22.6 Å². The van der Waals surface area contributed by atoms with E-state index in [0.717, 1.165) is 16.7 Å². The van der Waals surface area contributed by atoms with Crippen LogP contribution in [-0.4, -0.2) is 31.4 Å². The van der Waals surface area contributed by atoms with Crippen molar-refractivity contribution in [1.82, 2.24) is 18.9 Å². The molecule has 6 nitrogen and oxygen atoms in total. The van der Waals surface area contributed by atoms with Gasteiger partial charge in [0, 0.05) is 12.4 Å². The number of hydrogen-bond acceptors (Lipinski definition) is 4. The Hall–Kier alpha value is -3.15. The molecule has 0 atom stereocenters. The van der Waals surface area contributed by atoms with E-state index in [0.29, 0.717) is 17.2 Å². The lowest BCUT2D eigenvalue weighted by molar-refractivity contribution is 0.0841. The molecule has 0 fully saturated rings. The van der Waals surface area contributed by atoms with Crippen molar-refractivity contribution in [3.63, 3.8) is 0 Å². The standard InChI is InChI=1S/C18H16N4O2/c1-12-10-21-9-5-8-16(18(21)19-12)24-11-17(23)22-13(2)20-14-6-3-4-7-15(14)22/h3-10H,11H2,1-2H3. The molecule has 0 aliphatic carbocycles. The Balaban J connectivity index is 1.63. The van der Waals surface area contributed by atoms with E-state index in [4.69, 9.17) is 4.74 Å². The Kier molecular flexibility index (Phi) is 3.30. The highest BCUT2D eigenvalue weighted by Gasteiger charge is 2.15. The number of fused-ring (bicyclic) bond motifs is 2. The molecule has 0 aliphatic rings. The Morgan fingerprint density at radius 3 is 2.83 bits per heavy atom. The molecule has 4 rings (SSSR count). The third-order valence-corrected chi connectivity index (χ3v) is 3.90. The quantitative estimate of drug-likeness (QED) is 0.582. The number of aromatic nitrogens is 4. The molecule has 0 aliphatic heterocycles. The highest BCUT2D eigenvalue weighted by atomic mass is 16.5. The van der Waals surface area contributed by atoms with Crippen LogP contribution in [0.15, 0.2) is 48.8 Å². The molecule has 0 unspecified atom stereocenters. The molecule has 0 spiro atoms. The second-order valence-electron chi connectivity index (χ2n) is 5.65. The predicted octanol–water partition coefficient (Wildman–Crippen LogP) is 3.02. The van der Waals surface area contributed by atoms with Crippen LogP contribution in [0.1, 0.15) is 16.3 Å². The molecule has 120 valence electrons. The Bertz CT molecular complexity index is 1060. The molecule has 0 saturated carbocycles. The molecule has 0 amide bonds.